The molecule has 26 heavy (non-hydrogen) atoms. The Labute approximate surface area is 158 Å². The molecule has 0 radical (unpaired) electrons. The smallest absolute Gasteiger partial charge is 0.238 e. The molecule has 2 rings (SSSR count). The summed E-state index contributed by atoms with van der Waals surface area (Å²) >= 11 is 0. The highest BCUT2D eigenvalue weighted by Gasteiger charge is 2.15. The van der Waals surface area contributed by atoms with Crippen LogP contribution in [0.3, 0.4) is 0 Å². The van der Waals surface area contributed by atoms with Gasteiger partial charge in [-0.15, -0.1) is 0 Å². The predicted octanol–water partition coefficient (Wildman–Crippen LogP) is 5.13. The van der Waals surface area contributed by atoms with Crippen molar-refractivity contribution < 1.29 is 4.79 Å². The van der Waals surface area contributed by atoms with Crippen molar-refractivity contribution in [3.8, 4) is 0 Å². The summed E-state index contributed by atoms with van der Waals surface area (Å²) in [6, 6.07) is 16.8. The van der Waals surface area contributed by atoms with Gasteiger partial charge >= 0.3 is 0 Å². The monoisotopic (exact) mass is 352 g/mol. The number of benzene rings is 2. The maximum atomic E-state index is 12.6. The zero-order valence-electron chi connectivity index (χ0n) is 16.5. The van der Waals surface area contributed by atoms with E-state index in [1.54, 1.807) is 0 Å². The minimum Gasteiger partial charge on any atom is -0.324 e. The fraction of sp³-hybridized carbons (Fsp3) is 0.435. The molecule has 0 spiro atoms. The van der Waals surface area contributed by atoms with E-state index >= 15 is 0 Å². The van der Waals surface area contributed by atoms with Crippen LogP contribution in [0.5, 0.6) is 0 Å². The van der Waals surface area contributed by atoms with Crippen LogP contribution in [0.25, 0.3) is 0 Å². The second kappa shape index (κ2) is 10.1. The topological polar surface area (TPSA) is 41.1 Å². The number of rotatable bonds is 9. The Morgan fingerprint density at radius 3 is 2.08 bits per heavy atom. The Kier molecular flexibility index (Phi) is 7.86. The van der Waals surface area contributed by atoms with Crippen LogP contribution in [-0.4, -0.2) is 12.5 Å². The SMILES string of the molecule is CCc1cccc(CC)c1NC(=O)CN[C@H](CC(C)C)c1ccccc1. The molecule has 0 fully saturated rings. The Bertz CT molecular complexity index is 672. The van der Waals surface area contributed by atoms with Crippen molar-refractivity contribution in [2.24, 2.45) is 5.92 Å². The van der Waals surface area contributed by atoms with Gasteiger partial charge in [-0.1, -0.05) is 76.2 Å². The first-order valence-electron chi connectivity index (χ1n) is 9.74. The Morgan fingerprint density at radius 1 is 0.923 bits per heavy atom. The number of hydrogen-bond donors (Lipinski definition) is 2. The van der Waals surface area contributed by atoms with Crippen LogP contribution in [0.2, 0.25) is 0 Å². The molecule has 0 aliphatic heterocycles. The second-order valence-electron chi connectivity index (χ2n) is 7.18. The fourth-order valence-electron chi connectivity index (χ4n) is 3.30. The fourth-order valence-corrected chi connectivity index (χ4v) is 3.30. The molecule has 0 unspecified atom stereocenters. The van der Waals surface area contributed by atoms with Crippen LogP contribution in [0.1, 0.15) is 56.8 Å². The van der Waals surface area contributed by atoms with Gasteiger partial charge in [0.25, 0.3) is 0 Å². The van der Waals surface area contributed by atoms with Crippen LogP contribution in [0.15, 0.2) is 48.5 Å². The molecule has 2 N–H and O–H groups in total. The van der Waals surface area contributed by atoms with Gasteiger partial charge in [-0.25, -0.2) is 0 Å². The summed E-state index contributed by atoms with van der Waals surface area (Å²) in [5.41, 5.74) is 4.61. The van der Waals surface area contributed by atoms with Crippen molar-refractivity contribution in [2.75, 3.05) is 11.9 Å². The van der Waals surface area contributed by atoms with Crippen molar-refractivity contribution in [3.05, 3.63) is 65.2 Å². The number of carbonyl (C=O) groups excluding carboxylic acids is 1. The number of para-hydroxylation sites is 1. The lowest BCUT2D eigenvalue weighted by molar-refractivity contribution is -0.115. The molecule has 0 bridgehead atoms. The summed E-state index contributed by atoms with van der Waals surface area (Å²) in [5, 5.41) is 6.59. The highest BCUT2D eigenvalue weighted by molar-refractivity contribution is 5.93. The molecule has 3 heteroatoms. The number of hydrogen-bond acceptors (Lipinski definition) is 2. The molecular formula is C23H32N2O. The molecule has 0 aliphatic carbocycles. The molecule has 1 amide bonds. The van der Waals surface area contributed by atoms with Crippen LogP contribution < -0.4 is 10.6 Å². The zero-order chi connectivity index (χ0) is 18.9. The number of carbonyl (C=O) groups is 1. The zero-order valence-corrected chi connectivity index (χ0v) is 16.5. The maximum absolute atomic E-state index is 12.6. The van der Waals surface area contributed by atoms with Gasteiger partial charge in [-0.3, -0.25) is 4.79 Å². The average molecular weight is 353 g/mol. The molecular weight excluding hydrogens is 320 g/mol. The lowest BCUT2D eigenvalue weighted by Gasteiger charge is -2.21. The Hall–Kier alpha value is -2.13. The van der Waals surface area contributed by atoms with E-state index in [-0.39, 0.29) is 11.9 Å². The summed E-state index contributed by atoms with van der Waals surface area (Å²) in [6.45, 7) is 8.98. The molecule has 0 aromatic heterocycles. The molecule has 0 aliphatic rings. The van der Waals surface area contributed by atoms with Crippen molar-refractivity contribution in [2.45, 2.75) is 53.0 Å². The van der Waals surface area contributed by atoms with E-state index in [0.717, 1.165) is 24.9 Å². The van der Waals surface area contributed by atoms with Gasteiger partial charge in [0.1, 0.15) is 0 Å². The van der Waals surface area contributed by atoms with Gasteiger partial charge < -0.3 is 10.6 Å². The Morgan fingerprint density at radius 2 is 1.54 bits per heavy atom. The van der Waals surface area contributed by atoms with Crippen molar-refractivity contribution >= 4 is 11.6 Å². The molecule has 0 saturated carbocycles. The van der Waals surface area contributed by atoms with Crippen molar-refractivity contribution in [1.82, 2.24) is 5.32 Å². The molecule has 3 nitrogen and oxygen atoms in total. The van der Waals surface area contributed by atoms with Gasteiger partial charge in [0.2, 0.25) is 5.91 Å². The van der Waals surface area contributed by atoms with Crippen LogP contribution >= 0.6 is 0 Å². The van der Waals surface area contributed by atoms with Crippen LogP contribution in [0.4, 0.5) is 5.69 Å². The minimum absolute atomic E-state index is 0.0188. The van der Waals surface area contributed by atoms with E-state index in [1.165, 1.54) is 16.7 Å². The number of amides is 1. The van der Waals surface area contributed by atoms with E-state index in [4.69, 9.17) is 0 Å². The largest absolute Gasteiger partial charge is 0.324 e. The highest BCUT2D eigenvalue weighted by atomic mass is 16.1. The summed E-state index contributed by atoms with van der Waals surface area (Å²) in [7, 11) is 0. The predicted molar refractivity (Wildman–Crippen MR) is 110 cm³/mol. The number of anilines is 1. The summed E-state index contributed by atoms with van der Waals surface area (Å²) in [5.74, 6) is 0.577. The van der Waals surface area contributed by atoms with E-state index in [2.05, 4.69) is 80.8 Å². The quantitative estimate of drug-likeness (QED) is 0.657. The van der Waals surface area contributed by atoms with E-state index < -0.39 is 0 Å². The normalized spacial score (nSPS) is 12.2. The standard InChI is InChI=1S/C23H32N2O/c1-5-18-13-10-14-19(6-2)23(18)25-22(26)16-24-21(15-17(3)4)20-11-8-7-9-12-20/h7-14,17,21,24H,5-6,15-16H2,1-4H3,(H,25,26)/t21-/m1/s1. The average Bonchev–Trinajstić information content (AvgIpc) is 2.65. The highest BCUT2D eigenvalue weighted by Crippen LogP contribution is 2.23. The maximum Gasteiger partial charge on any atom is 0.238 e. The Balaban J connectivity index is 2.05. The first-order valence-corrected chi connectivity index (χ1v) is 9.74. The third-order valence-corrected chi connectivity index (χ3v) is 4.68. The number of aryl methyl sites for hydroxylation is 2. The van der Waals surface area contributed by atoms with Crippen LogP contribution in [0, 0.1) is 5.92 Å². The first kappa shape index (κ1) is 20.2. The molecule has 0 saturated heterocycles. The van der Waals surface area contributed by atoms with Gasteiger partial charge in [0, 0.05) is 11.7 Å². The van der Waals surface area contributed by atoms with E-state index in [9.17, 15) is 4.79 Å². The molecule has 2 aromatic rings. The summed E-state index contributed by atoms with van der Waals surface area (Å²) < 4.78 is 0. The lowest BCUT2D eigenvalue weighted by Crippen LogP contribution is -2.32. The first-order chi connectivity index (χ1) is 12.5. The third-order valence-electron chi connectivity index (χ3n) is 4.68. The van der Waals surface area contributed by atoms with Gasteiger partial charge in [-0.05, 0) is 41.9 Å². The van der Waals surface area contributed by atoms with Gasteiger partial charge in [0.15, 0.2) is 0 Å². The van der Waals surface area contributed by atoms with Gasteiger partial charge in [0.05, 0.1) is 6.54 Å². The van der Waals surface area contributed by atoms with E-state index in [1.807, 2.05) is 6.07 Å². The number of nitrogens with one attached hydrogen (secondary N) is 2. The minimum atomic E-state index is 0.0188. The van der Waals surface area contributed by atoms with Crippen LogP contribution in [-0.2, 0) is 17.6 Å². The molecule has 140 valence electrons. The third kappa shape index (κ3) is 5.70. The molecule has 0 heterocycles. The van der Waals surface area contributed by atoms with Gasteiger partial charge in [-0.2, -0.15) is 0 Å². The second-order valence-corrected chi connectivity index (χ2v) is 7.18. The van der Waals surface area contributed by atoms with Crippen molar-refractivity contribution in [3.63, 3.8) is 0 Å². The summed E-state index contributed by atoms with van der Waals surface area (Å²) in [6.07, 6.45) is 2.83. The van der Waals surface area contributed by atoms with E-state index in [0.29, 0.717) is 12.5 Å². The molecule has 2 aromatic carbocycles. The van der Waals surface area contributed by atoms with Crippen molar-refractivity contribution in [1.29, 1.82) is 0 Å². The summed E-state index contributed by atoms with van der Waals surface area (Å²) in [4.78, 5) is 12.6. The lowest BCUT2D eigenvalue weighted by atomic mass is 9.97. The molecule has 1 atom stereocenters.